The number of carbonyl (C=O) groups excluding carboxylic acids is 1. The fraction of sp³-hybridized carbons (Fsp3) is 0.357. The number of phenols is 1. The van der Waals surface area contributed by atoms with Crippen LogP contribution in [0.25, 0.3) is 21.7 Å². The van der Waals surface area contributed by atoms with Crippen LogP contribution in [-0.2, 0) is 4.74 Å². The molecule has 0 saturated heterocycles. The van der Waals surface area contributed by atoms with Gasteiger partial charge in [0.15, 0.2) is 0 Å². The Balaban J connectivity index is 1.75. The molecular weight excluding hydrogens is 458 g/mol. The number of aryl methyl sites for hydroxylation is 1. The normalized spacial score (nSPS) is 14.3. The predicted molar refractivity (Wildman–Crippen MR) is 137 cm³/mol. The largest absolute Gasteiger partial charge is 0.507 e. The van der Waals surface area contributed by atoms with Crippen molar-refractivity contribution in [3.8, 4) is 11.6 Å². The zero-order chi connectivity index (χ0) is 25.2. The number of carbonyl (C=O) groups is 1. The number of fused-ring (bicyclic) bond motifs is 3. The number of nitrogens with one attached hydrogen (secondary N) is 1. The minimum atomic E-state index is -0.517. The van der Waals surface area contributed by atoms with E-state index in [9.17, 15) is 9.90 Å². The van der Waals surface area contributed by atoms with Crippen molar-refractivity contribution in [1.29, 1.82) is 0 Å². The molecule has 4 N–H and O–H groups in total. The minimum Gasteiger partial charge on any atom is -0.507 e. The maximum absolute atomic E-state index is 13.1. The molecule has 2 aromatic heterocycles. The van der Waals surface area contributed by atoms with Gasteiger partial charge in [0.05, 0.1) is 19.3 Å². The lowest BCUT2D eigenvalue weighted by Crippen LogP contribution is -2.28. The van der Waals surface area contributed by atoms with E-state index in [1.807, 2.05) is 36.4 Å². The molecule has 8 heteroatoms. The molecule has 2 aromatic carbocycles. The highest BCUT2D eigenvalue weighted by Crippen LogP contribution is 2.45. The first kappa shape index (κ1) is 24.1. The van der Waals surface area contributed by atoms with Crippen LogP contribution in [0.1, 0.15) is 53.1 Å². The molecule has 8 nitrogen and oxygen atoms in total. The van der Waals surface area contributed by atoms with Crippen LogP contribution in [0.2, 0.25) is 0 Å². The maximum atomic E-state index is 13.1. The number of nitrogens with two attached hydrogens (primary N) is 1. The number of phenolic OH excluding ortho intramolecular Hbond substituents is 1. The maximum Gasteiger partial charge on any atom is 0.342 e. The summed E-state index contributed by atoms with van der Waals surface area (Å²) < 4.78 is 17.5. The first-order chi connectivity index (χ1) is 17.5. The highest BCUT2D eigenvalue weighted by molar-refractivity contribution is 6.16. The van der Waals surface area contributed by atoms with Crippen LogP contribution in [-0.4, -0.2) is 42.4 Å². The molecule has 0 spiro atoms. The van der Waals surface area contributed by atoms with Gasteiger partial charge in [0, 0.05) is 47.1 Å². The van der Waals surface area contributed by atoms with Crippen LogP contribution in [0, 0.1) is 12.8 Å². The van der Waals surface area contributed by atoms with E-state index in [2.05, 4.69) is 10.3 Å². The second-order valence-corrected chi connectivity index (χ2v) is 9.12. The summed E-state index contributed by atoms with van der Waals surface area (Å²) in [4.78, 5) is 17.5. The van der Waals surface area contributed by atoms with E-state index in [4.69, 9.17) is 19.6 Å². The van der Waals surface area contributed by atoms with Crippen LogP contribution >= 0.6 is 0 Å². The monoisotopic (exact) mass is 489 g/mol. The Morgan fingerprint density at radius 3 is 2.78 bits per heavy atom. The number of aromatic nitrogens is 1. The van der Waals surface area contributed by atoms with E-state index in [1.54, 1.807) is 20.0 Å². The quantitative estimate of drug-likeness (QED) is 0.277. The van der Waals surface area contributed by atoms with Crippen LogP contribution in [0.4, 0.5) is 0 Å². The molecule has 0 radical (unpaired) electrons. The Kier molecular flexibility index (Phi) is 6.80. The van der Waals surface area contributed by atoms with Crippen molar-refractivity contribution in [1.82, 2.24) is 10.3 Å². The molecular formula is C28H31N3O5. The molecule has 0 aliphatic heterocycles. The Bertz CT molecular complexity index is 1410. The summed E-state index contributed by atoms with van der Waals surface area (Å²) in [7, 11) is 0. The van der Waals surface area contributed by atoms with Gasteiger partial charge in [0.1, 0.15) is 22.7 Å². The lowest BCUT2D eigenvalue weighted by Gasteiger charge is -2.23. The molecule has 1 unspecified atom stereocenters. The number of benzene rings is 2. The van der Waals surface area contributed by atoms with Gasteiger partial charge in [0.2, 0.25) is 5.88 Å². The summed E-state index contributed by atoms with van der Waals surface area (Å²) >= 11 is 0. The Morgan fingerprint density at radius 1 is 1.28 bits per heavy atom. The van der Waals surface area contributed by atoms with Crippen LogP contribution in [0.3, 0.4) is 0 Å². The number of ether oxygens (including phenoxy) is 2. The van der Waals surface area contributed by atoms with Gasteiger partial charge >= 0.3 is 5.97 Å². The summed E-state index contributed by atoms with van der Waals surface area (Å²) in [5.74, 6) is 1.11. The summed E-state index contributed by atoms with van der Waals surface area (Å²) in [5.41, 5.74) is 8.04. The molecule has 1 aliphatic rings. The van der Waals surface area contributed by atoms with Gasteiger partial charge in [-0.3, -0.25) is 0 Å². The number of furan rings is 1. The van der Waals surface area contributed by atoms with Gasteiger partial charge < -0.3 is 30.0 Å². The second-order valence-electron chi connectivity index (χ2n) is 9.12. The molecule has 1 fully saturated rings. The third-order valence-electron chi connectivity index (χ3n) is 6.55. The number of nitrogens with zero attached hydrogens (tertiary/aromatic N) is 1. The van der Waals surface area contributed by atoms with E-state index < -0.39 is 12.0 Å². The number of hydrogen-bond donors (Lipinski definition) is 3. The molecule has 188 valence electrons. The summed E-state index contributed by atoms with van der Waals surface area (Å²) in [6.07, 6.45) is 4.05. The smallest absolute Gasteiger partial charge is 0.342 e. The van der Waals surface area contributed by atoms with Crippen molar-refractivity contribution in [3.05, 3.63) is 65.0 Å². The van der Waals surface area contributed by atoms with E-state index >= 15 is 0 Å². The number of esters is 1. The first-order valence-electron chi connectivity index (χ1n) is 12.4. The van der Waals surface area contributed by atoms with Crippen LogP contribution in [0.15, 0.2) is 47.0 Å². The van der Waals surface area contributed by atoms with Gasteiger partial charge in [-0.25, -0.2) is 9.78 Å². The molecule has 1 atom stereocenters. The van der Waals surface area contributed by atoms with Gasteiger partial charge in [-0.1, -0.05) is 24.3 Å². The SMILES string of the molecule is CCOC(=O)c1c(C)oc2c1c(C(NCCN)c1ccnc(OCC3CC3)c1)c(O)c1ccccc12. The highest BCUT2D eigenvalue weighted by atomic mass is 16.5. The molecule has 2 heterocycles. The van der Waals surface area contributed by atoms with Crippen molar-refractivity contribution in [2.24, 2.45) is 11.7 Å². The van der Waals surface area contributed by atoms with Gasteiger partial charge in [-0.2, -0.15) is 0 Å². The Morgan fingerprint density at radius 2 is 2.06 bits per heavy atom. The molecule has 5 rings (SSSR count). The topological polar surface area (TPSA) is 120 Å². The van der Waals surface area contributed by atoms with Crippen molar-refractivity contribution in [2.45, 2.75) is 32.7 Å². The molecule has 1 aliphatic carbocycles. The average molecular weight is 490 g/mol. The molecule has 0 amide bonds. The predicted octanol–water partition coefficient (Wildman–Crippen LogP) is 4.60. The van der Waals surface area contributed by atoms with Crippen molar-refractivity contribution >= 4 is 27.7 Å². The highest BCUT2D eigenvalue weighted by Gasteiger charge is 2.31. The van der Waals surface area contributed by atoms with E-state index in [0.717, 1.165) is 5.56 Å². The van der Waals surface area contributed by atoms with E-state index in [1.165, 1.54) is 12.8 Å². The van der Waals surface area contributed by atoms with Crippen LogP contribution < -0.4 is 15.8 Å². The third-order valence-corrected chi connectivity index (χ3v) is 6.55. The van der Waals surface area contributed by atoms with Gasteiger partial charge in [-0.05, 0) is 44.2 Å². The molecule has 0 bridgehead atoms. The second kappa shape index (κ2) is 10.2. The average Bonchev–Trinajstić information content (AvgIpc) is 3.65. The number of aromatic hydroxyl groups is 1. The van der Waals surface area contributed by atoms with Crippen molar-refractivity contribution in [3.63, 3.8) is 0 Å². The fourth-order valence-corrected chi connectivity index (χ4v) is 4.66. The van der Waals surface area contributed by atoms with Crippen molar-refractivity contribution < 1.29 is 23.8 Å². The van der Waals surface area contributed by atoms with Crippen molar-refractivity contribution in [2.75, 3.05) is 26.3 Å². The summed E-state index contributed by atoms with van der Waals surface area (Å²) in [6.45, 7) is 5.22. The first-order valence-corrected chi connectivity index (χ1v) is 12.4. The summed E-state index contributed by atoms with van der Waals surface area (Å²) in [6, 6.07) is 10.7. The lowest BCUT2D eigenvalue weighted by atomic mass is 9.90. The minimum absolute atomic E-state index is 0.0660. The summed E-state index contributed by atoms with van der Waals surface area (Å²) in [5, 5.41) is 17.0. The van der Waals surface area contributed by atoms with Gasteiger partial charge in [0.25, 0.3) is 0 Å². The zero-order valence-corrected chi connectivity index (χ0v) is 20.5. The van der Waals surface area contributed by atoms with Crippen LogP contribution in [0.5, 0.6) is 11.6 Å². The Labute approximate surface area is 209 Å². The van der Waals surface area contributed by atoms with Gasteiger partial charge in [-0.15, -0.1) is 0 Å². The standard InChI is InChI=1S/C28H31N3O5/c1-3-34-28(33)22-16(2)36-27-20-7-5-4-6-19(20)26(32)24(23(22)27)25(31-13-11-29)18-10-12-30-21(14-18)35-15-17-8-9-17/h4-7,10,12,14,17,25,31-32H,3,8-9,11,13,15,29H2,1-2H3. The third kappa shape index (κ3) is 4.50. The number of pyridine rings is 1. The number of rotatable bonds is 10. The molecule has 36 heavy (non-hydrogen) atoms. The number of hydrogen-bond acceptors (Lipinski definition) is 8. The fourth-order valence-electron chi connectivity index (χ4n) is 4.66. The molecule has 1 saturated carbocycles. The van der Waals surface area contributed by atoms with E-state index in [-0.39, 0.29) is 12.4 Å². The zero-order valence-electron chi connectivity index (χ0n) is 20.5. The van der Waals surface area contributed by atoms with E-state index in [0.29, 0.717) is 70.1 Å². The Hall–Kier alpha value is -3.62. The lowest BCUT2D eigenvalue weighted by molar-refractivity contribution is 0.0526. The molecule has 4 aromatic rings.